The molecule has 3 heterocycles. The molecule has 3 atom stereocenters. The Morgan fingerprint density at radius 1 is 1.41 bits per heavy atom. The van der Waals surface area contributed by atoms with E-state index in [0.29, 0.717) is 35.2 Å². The van der Waals surface area contributed by atoms with E-state index in [-0.39, 0.29) is 46.2 Å². The summed E-state index contributed by atoms with van der Waals surface area (Å²) in [5.74, 6) is 0.221. The number of alkyl halides is 4. The number of aldehydes is 1. The van der Waals surface area contributed by atoms with Crippen LogP contribution >= 0.6 is 23.1 Å². The number of fused-ring (bicyclic) bond motifs is 1. The molecule has 0 aliphatic carbocycles. The Morgan fingerprint density at radius 2 is 2.24 bits per heavy atom. The second kappa shape index (κ2) is 10.6. The summed E-state index contributed by atoms with van der Waals surface area (Å²) in [6.45, 7) is 0.877. The van der Waals surface area contributed by atoms with Crippen molar-refractivity contribution in [2.45, 2.75) is 47.9 Å². The Hall–Kier alpha value is -2.22. The minimum Gasteiger partial charge on any atom is -0.378 e. The lowest BCUT2D eigenvalue weighted by atomic mass is 10.0. The predicted molar refractivity (Wildman–Crippen MR) is 124 cm³/mol. The largest absolute Gasteiger partial charge is 0.446 e. The minimum atomic E-state index is -4.53. The third kappa shape index (κ3) is 5.53. The van der Waals surface area contributed by atoms with E-state index in [1.165, 1.54) is 0 Å². The highest BCUT2D eigenvalue weighted by Gasteiger charge is 2.35. The van der Waals surface area contributed by atoms with Crippen LogP contribution in [0.1, 0.15) is 31.2 Å². The first-order valence-electron chi connectivity index (χ1n) is 10.7. The smallest absolute Gasteiger partial charge is 0.378 e. The number of hydrogen-bond donors (Lipinski definition) is 3. The molecule has 3 unspecified atom stereocenters. The van der Waals surface area contributed by atoms with Crippen LogP contribution in [0, 0.1) is 0 Å². The Morgan fingerprint density at radius 3 is 2.94 bits per heavy atom. The van der Waals surface area contributed by atoms with E-state index < -0.39 is 23.8 Å². The summed E-state index contributed by atoms with van der Waals surface area (Å²) in [5, 5.41) is 13.5. The molecule has 0 amide bonds. The van der Waals surface area contributed by atoms with Crippen LogP contribution in [-0.2, 0) is 4.79 Å². The maximum Gasteiger partial charge on any atom is 0.446 e. The fraction of sp³-hybridized carbons (Fsp3) is 0.476. The van der Waals surface area contributed by atoms with Gasteiger partial charge in [-0.25, -0.2) is 4.39 Å². The van der Waals surface area contributed by atoms with Crippen LogP contribution in [0.2, 0.25) is 0 Å². The predicted octanol–water partition coefficient (Wildman–Crippen LogP) is 4.91. The number of carbonyl (C=O) groups is 1. The number of nitrogens with zero attached hydrogens (tertiary/aromatic N) is 2. The molecule has 3 aromatic rings. The number of hydrogen-bond acceptors (Lipinski definition) is 9. The first-order valence-corrected chi connectivity index (χ1v) is 12.3. The van der Waals surface area contributed by atoms with Gasteiger partial charge in [0.15, 0.2) is 0 Å². The van der Waals surface area contributed by atoms with Crippen LogP contribution in [0.4, 0.5) is 23.2 Å². The fourth-order valence-corrected chi connectivity index (χ4v) is 5.96. The van der Waals surface area contributed by atoms with Crippen LogP contribution in [0.15, 0.2) is 27.6 Å². The lowest BCUT2D eigenvalue weighted by molar-refractivity contribution is -0.108. The van der Waals surface area contributed by atoms with Gasteiger partial charge in [0, 0.05) is 23.2 Å². The van der Waals surface area contributed by atoms with Gasteiger partial charge in [0.05, 0.1) is 27.3 Å². The fourth-order valence-electron chi connectivity index (χ4n) is 3.85. The Balaban J connectivity index is 1.75. The first-order chi connectivity index (χ1) is 16.3. The summed E-state index contributed by atoms with van der Waals surface area (Å²) in [5.41, 5.74) is -3.97. The average Bonchev–Trinajstić information content (AvgIpc) is 3.41. The molecule has 1 saturated heterocycles. The van der Waals surface area contributed by atoms with Gasteiger partial charge >= 0.3 is 5.51 Å². The van der Waals surface area contributed by atoms with Gasteiger partial charge in [-0.3, -0.25) is 0 Å². The molecule has 1 aromatic carbocycles. The molecule has 0 spiro atoms. The minimum absolute atomic E-state index is 0.0282. The highest BCUT2D eigenvalue weighted by Crippen LogP contribution is 2.50. The highest BCUT2D eigenvalue weighted by atomic mass is 32.2. The number of aromatic nitrogens is 2. The third-order valence-electron chi connectivity index (χ3n) is 5.50. The number of carbonyl (C=O) groups excluding carboxylic acids is 1. The van der Waals surface area contributed by atoms with E-state index in [2.05, 4.69) is 26.1 Å². The molecule has 13 heteroatoms. The van der Waals surface area contributed by atoms with Crippen molar-refractivity contribution in [1.82, 2.24) is 20.8 Å². The summed E-state index contributed by atoms with van der Waals surface area (Å²) < 4.78 is 60.7. The summed E-state index contributed by atoms with van der Waals surface area (Å²) in [4.78, 5) is 15.2. The molecular formula is C21H23F4N5O2S2. The van der Waals surface area contributed by atoms with Gasteiger partial charge in [0.2, 0.25) is 11.7 Å². The Bertz CT molecular complexity index is 1140. The van der Waals surface area contributed by atoms with Crippen molar-refractivity contribution < 1.29 is 26.9 Å². The maximum atomic E-state index is 14.4. The van der Waals surface area contributed by atoms with Crippen molar-refractivity contribution in [2.24, 2.45) is 0 Å². The van der Waals surface area contributed by atoms with Crippen LogP contribution < -0.4 is 16.0 Å². The van der Waals surface area contributed by atoms with Gasteiger partial charge in [0.25, 0.3) is 0 Å². The summed E-state index contributed by atoms with van der Waals surface area (Å²) in [7, 11) is 1.67. The van der Waals surface area contributed by atoms with Gasteiger partial charge in [0.1, 0.15) is 12.5 Å². The first kappa shape index (κ1) is 24.9. The molecule has 1 aliphatic heterocycles. The number of rotatable bonds is 9. The third-order valence-corrected chi connectivity index (χ3v) is 7.72. The van der Waals surface area contributed by atoms with Crippen LogP contribution in [0.25, 0.3) is 20.8 Å². The zero-order valence-corrected chi connectivity index (χ0v) is 19.7. The number of nitrogens with one attached hydrogen (secondary N) is 3. The number of halogens is 4. The molecule has 0 saturated carbocycles. The van der Waals surface area contributed by atoms with Gasteiger partial charge in [-0.15, -0.1) is 11.3 Å². The van der Waals surface area contributed by atoms with E-state index in [9.17, 15) is 22.4 Å². The Kier molecular flexibility index (Phi) is 7.75. The molecule has 7 nitrogen and oxygen atoms in total. The second-order valence-electron chi connectivity index (χ2n) is 7.79. The summed E-state index contributed by atoms with van der Waals surface area (Å²) >= 11 is 0.868. The van der Waals surface area contributed by atoms with Crippen LogP contribution in [0.3, 0.4) is 0 Å². The van der Waals surface area contributed by atoms with Crippen molar-refractivity contribution in [3.63, 3.8) is 0 Å². The van der Waals surface area contributed by atoms with Gasteiger partial charge < -0.3 is 25.3 Å². The maximum absolute atomic E-state index is 14.4. The molecule has 3 N–H and O–H groups in total. The summed E-state index contributed by atoms with van der Waals surface area (Å²) in [6.07, 6.45) is 0.887. The van der Waals surface area contributed by atoms with E-state index in [0.717, 1.165) is 17.6 Å². The molecule has 1 aliphatic rings. The van der Waals surface area contributed by atoms with Crippen LogP contribution in [-0.4, -0.2) is 54.3 Å². The van der Waals surface area contributed by atoms with Gasteiger partial charge in [-0.1, -0.05) is 17.3 Å². The standard InChI is InChI=1S/C21H23F4N5O2S2/c1-26-15(6-3-9-31)20-29-19(30-32-20)18-17(34-21(23,24)25)11-4-2-5-14(16(11)33-18)28-13-7-8-27-10-12(13)22/h2,4-5,9,12-13,15,26-28H,3,6-8,10H2,1H3. The van der Waals surface area contributed by atoms with E-state index in [1.54, 1.807) is 25.2 Å². The van der Waals surface area contributed by atoms with Gasteiger partial charge in [-0.2, -0.15) is 18.2 Å². The SMILES string of the molecule is CNC(CCC=O)c1nc(-c2sc3c(NC4CCNCC4F)cccc3c2SC(F)(F)F)no1. The molecular weight excluding hydrogens is 494 g/mol. The number of anilines is 1. The monoisotopic (exact) mass is 517 g/mol. The molecule has 0 bridgehead atoms. The average molecular weight is 518 g/mol. The number of piperidine rings is 1. The van der Waals surface area contributed by atoms with E-state index in [1.807, 2.05) is 0 Å². The zero-order chi connectivity index (χ0) is 24.3. The van der Waals surface area contributed by atoms with E-state index in [4.69, 9.17) is 4.52 Å². The molecule has 34 heavy (non-hydrogen) atoms. The van der Waals surface area contributed by atoms with Crippen LogP contribution in [0.5, 0.6) is 0 Å². The normalized spacial score (nSPS) is 19.9. The van der Waals surface area contributed by atoms with Crippen molar-refractivity contribution in [3.8, 4) is 10.7 Å². The van der Waals surface area contributed by atoms with Crippen molar-refractivity contribution in [3.05, 3.63) is 24.1 Å². The van der Waals surface area contributed by atoms with E-state index >= 15 is 0 Å². The highest BCUT2D eigenvalue weighted by molar-refractivity contribution is 8.00. The number of benzene rings is 1. The quantitative estimate of drug-likeness (QED) is 0.209. The van der Waals surface area contributed by atoms with Crippen molar-refractivity contribution in [1.29, 1.82) is 0 Å². The molecule has 4 rings (SSSR count). The lowest BCUT2D eigenvalue weighted by Crippen LogP contribution is -2.45. The molecule has 184 valence electrons. The molecule has 1 fully saturated rings. The lowest BCUT2D eigenvalue weighted by Gasteiger charge is -2.28. The van der Waals surface area contributed by atoms with Gasteiger partial charge in [-0.05, 0) is 44.3 Å². The second-order valence-corrected chi connectivity index (χ2v) is 9.89. The molecule has 2 aromatic heterocycles. The van der Waals surface area contributed by atoms with Crippen molar-refractivity contribution in [2.75, 3.05) is 25.5 Å². The Labute approximate surface area is 201 Å². The zero-order valence-electron chi connectivity index (χ0n) is 18.1. The number of thiophene rings is 1. The summed E-state index contributed by atoms with van der Waals surface area (Å²) in [6, 6.07) is 4.14. The number of thioether (sulfide) groups is 1. The van der Waals surface area contributed by atoms with Crippen molar-refractivity contribution >= 4 is 45.2 Å². The topological polar surface area (TPSA) is 92.1 Å². The molecule has 0 radical (unpaired) electrons.